The number of hydrogen-bond acceptors (Lipinski definition) is 3. The molecule has 0 unspecified atom stereocenters. The monoisotopic (exact) mass is 335 g/mol. The van der Waals surface area contributed by atoms with E-state index in [0.717, 1.165) is 5.56 Å². The van der Waals surface area contributed by atoms with Gasteiger partial charge in [0.1, 0.15) is 0 Å². The Hall–Kier alpha value is -0.430. The molecule has 0 spiro atoms. The standard InChI is InChI=1S/C12H18BrNO3S/c1-9-5-6-11(10(13)7-9)18(15,16)14-8-12(2,3)17-4/h5-7,14H,8H2,1-4H3. The molecule has 18 heavy (non-hydrogen) atoms. The lowest BCUT2D eigenvalue weighted by Crippen LogP contribution is -2.39. The minimum absolute atomic E-state index is 0.214. The highest BCUT2D eigenvalue weighted by Gasteiger charge is 2.23. The van der Waals surface area contributed by atoms with Crippen molar-refractivity contribution in [2.24, 2.45) is 0 Å². The molecule has 1 aromatic rings. The van der Waals surface area contributed by atoms with Crippen LogP contribution in [0.15, 0.2) is 27.6 Å². The number of hydrogen-bond donors (Lipinski definition) is 1. The molecule has 0 saturated carbocycles. The summed E-state index contributed by atoms with van der Waals surface area (Å²) in [6.07, 6.45) is 0. The topological polar surface area (TPSA) is 55.4 Å². The molecule has 1 N–H and O–H groups in total. The second-order valence-corrected chi connectivity index (χ2v) is 7.31. The Balaban J connectivity index is 2.94. The molecule has 0 aliphatic carbocycles. The zero-order valence-corrected chi connectivity index (χ0v) is 13.4. The van der Waals surface area contributed by atoms with Gasteiger partial charge in [0.2, 0.25) is 10.0 Å². The molecule has 0 bridgehead atoms. The predicted molar refractivity (Wildman–Crippen MR) is 75.2 cm³/mol. The summed E-state index contributed by atoms with van der Waals surface area (Å²) in [5.41, 5.74) is 0.461. The van der Waals surface area contributed by atoms with E-state index in [1.54, 1.807) is 25.3 Å². The summed E-state index contributed by atoms with van der Waals surface area (Å²) in [5, 5.41) is 0. The van der Waals surface area contributed by atoms with E-state index in [0.29, 0.717) is 4.47 Å². The molecule has 0 radical (unpaired) electrons. The zero-order chi connectivity index (χ0) is 14.0. The minimum Gasteiger partial charge on any atom is -0.377 e. The molecular weight excluding hydrogens is 318 g/mol. The Kier molecular flexibility index (Phi) is 4.94. The van der Waals surface area contributed by atoms with Crippen LogP contribution in [-0.4, -0.2) is 27.7 Å². The summed E-state index contributed by atoms with van der Waals surface area (Å²) in [4.78, 5) is 0.236. The van der Waals surface area contributed by atoms with Crippen LogP contribution in [0.25, 0.3) is 0 Å². The molecule has 102 valence electrons. The van der Waals surface area contributed by atoms with Crippen LogP contribution < -0.4 is 4.72 Å². The van der Waals surface area contributed by atoms with Gasteiger partial charge >= 0.3 is 0 Å². The summed E-state index contributed by atoms with van der Waals surface area (Å²) in [7, 11) is -1.98. The van der Waals surface area contributed by atoms with Crippen molar-refractivity contribution >= 4 is 26.0 Å². The van der Waals surface area contributed by atoms with Gasteiger partial charge in [-0.1, -0.05) is 6.07 Å². The van der Waals surface area contributed by atoms with Gasteiger partial charge in [-0.15, -0.1) is 0 Å². The van der Waals surface area contributed by atoms with E-state index in [1.807, 2.05) is 20.8 Å². The molecule has 0 atom stereocenters. The maximum atomic E-state index is 12.1. The van der Waals surface area contributed by atoms with E-state index in [-0.39, 0.29) is 11.4 Å². The van der Waals surface area contributed by atoms with Gasteiger partial charge in [-0.05, 0) is 54.4 Å². The summed E-state index contributed by atoms with van der Waals surface area (Å²) in [6, 6.07) is 5.12. The number of methoxy groups -OCH3 is 1. The normalized spacial score (nSPS) is 12.7. The van der Waals surface area contributed by atoms with Crippen molar-refractivity contribution in [3.05, 3.63) is 28.2 Å². The zero-order valence-electron chi connectivity index (χ0n) is 11.0. The van der Waals surface area contributed by atoms with Crippen LogP contribution in [-0.2, 0) is 14.8 Å². The van der Waals surface area contributed by atoms with E-state index in [9.17, 15) is 8.42 Å². The van der Waals surface area contributed by atoms with Crippen molar-refractivity contribution in [3.8, 4) is 0 Å². The van der Waals surface area contributed by atoms with E-state index in [4.69, 9.17) is 4.74 Å². The van der Waals surface area contributed by atoms with E-state index in [1.165, 1.54) is 0 Å². The highest BCUT2D eigenvalue weighted by molar-refractivity contribution is 9.10. The summed E-state index contributed by atoms with van der Waals surface area (Å²) < 4.78 is 32.5. The molecule has 0 saturated heterocycles. The lowest BCUT2D eigenvalue weighted by atomic mass is 10.1. The Morgan fingerprint density at radius 2 is 2.00 bits per heavy atom. The molecule has 0 heterocycles. The van der Waals surface area contributed by atoms with E-state index in [2.05, 4.69) is 20.7 Å². The lowest BCUT2D eigenvalue weighted by molar-refractivity contribution is 0.0276. The third kappa shape index (κ3) is 4.05. The van der Waals surface area contributed by atoms with Crippen LogP contribution in [0, 0.1) is 6.92 Å². The van der Waals surface area contributed by atoms with Crippen molar-refractivity contribution in [3.63, 3.8) is 0 Å². The molecule has 0 amide bonds. The highest BCUT2D eigenvalue weighted by Crippen LogP contribution is 2.23. The number of ether oxygens (including phenoxy) is 1. The van der Waals surface area contributed by atoms with Crippen LogP contribution >= 0.6 is 15.9 Å². The first-order chi connectivity index (χ1) is 8.18. The SMILES string of the molecule is COC(C)(C)CNS(=O)(=O)c1ccc(C)cc1Br. The fourth-order valence-electron chi connectivity index (χ4n) is 1.24. The molecule has 1 aromatic carbocycles. The van der Waals surface area contributed by atoms with Crippen molar-refractivity contribution in [2.45, 2.75) is 31.3 Å². The van der Waals surface area contributed by atoms with Crippen LogP contribution in [0.5, 0.6) is 0 Å². The second kappa shape index (κ2) is 5.69. The minimum atomic E-state index is -3.53. The summed E-state index contributed by atoms with van der Waals surface area (Å²) >= 11 is 3.27. The third-order valence-electron chi connectivity index (χ3n) is 2.62. The van der Waals surface area contributed by atoms with Gasteiger partial charge in [0, 0.05) is 18.1 Å². The molecule has 4 nitrogen and oxygen atoms in total. The van der Waals surface area contributed by atoms with Crippen molar-refractivity contribution in [2.75, 3.05) is 13.7 Å². The smallest absolute Gasteiger partial charge is 0.241 e. The van der Waals surface area contributed by atoms with Crippen molar-refractivity contribution < 1.29 is 13.2 Å². The quantitative estimate of drug-likeness (QED) is 0.899. The summed E-state index contributed by atoms with van der Waals surface area (Å²) in [6.45, 7) is 5.76. The third-order valence-corrected chi connectivity index (χ3v) is 5.00. The molecule has 1 rings (SSSR count). The number of aryl methyl sites for hydroxylation is 1. The fourth-order valence-corrected chi connectivity index (χ4v) is 3.63. The Morgan fingerprint density at radius 1 is 1.39 bits per heavy atom. The van der Waals surface area contributed by atoms with Crippen LogP contribution in [0.3, 0.4) is 0 Å². The maximum absolute atomic E-state index is 12.1. The Morgan fingerprint density at radius 3 is 2.50 bits per heavy atom. The predicted octanol–water partition coefficient (Wildman–Crippen LogP) is 2.46. The molecule has 0 aromatic heterocycles. The van der Waals surface area contributed by atoms with Crippen LogP contribution in [0.1, 0.15) is 19.4 Å². The second-order valence-electron chi connectivity index (χ2n) is 4.72. The number of nitrogens with one attached hydrogen (secondary N) is 1. The first kappa shape index (κ1) is 15.6. The number of halogens is 1. The van der Waals surface area contributed by atoms with Gasteiger partial charge in [-0.25, -0.2) is 13.1 Å². The number of benzene rings is 1. The van der Waals surface area contributed by atoms with E-state index < -0.39 is 15.6 Å². The van der Waals surface area contributed by atoms with Gasteiger partial charge in [0.25, 0.3) is 0 Å². The molecule has 6 heteroatoms. The highest BCUT2D eigenvalue weighted by atomic mass is 79.9. The van der Waals surface area contributed by atoms with Gasteiger partial charge < -0.3 is 4.74 Å². The first-order valence-corrected chi connectivity index (χ1v) is 7.76. The molecule has 0 aliphatic rings. The van der Waals surface area contributed by atoms with Crippen molar-refractivity contribution in [1.29, 1.82) is 0 Å². The Labute approximate surface area is 117 Å². The largest absolute Gasteiger partial charge is 0.377 e. The maximum Gasteiger partial charge on any atom is 0.241 e. The Bertz CT molecular complexity index is 526. The molecular formula is C12H18BrNO3S. The number of rotatable bonds is 5. The van der Waals surface area contributed by atoms with Gasteiger partial charge in [0.05, 0.1) is 10.5 Å². The van der Waals surface area contributed by atoms with Crippen molar-refractivity contribution in [1.82, 2.24) is 4.72 Å². The lowest BCUT2D eigenvalue weighted by Gasteiger charge is -2.23. The van der Waals surface area contributed by atoms with Gasteiger partial charge in [-0.2, -0.15) is 0 Å². The average Bonchev–Trinajstić information content (AvgIpc) is 2.26. The first-order valence-electron chi connectivity index (χ1n) is 5.49. The molecule has 0 fully saturated rings. The fraction of sp³-hybridized carbons (Fsp3) is 0.500. The molecule has 0 aliphatic heterocycles. The number of sulfonamides is 1. The van der Waals surface area contributed by atoms with Gasteiger partial charge in [0.15, 0.2) is 0 Å². The van der Waals surface area contributed by atoms with E-state index >= 15 is 0 Å². The van der Waals surface area contributed by atoms with Gasteiger partial charge in [-0.3, -0.25) is 0 Å². The van der Waals surface area contributed by atoms with Crippen LogP contribution in [0.4, 0.5) is 0 Å². The average molecular weight is 336 g/mol. The summed E-state index contributed by atoms with van der Waals surface area (Å²) in [5.74, 6) is 0. The van der Waals surface area contributed by atoms with Crippen LogP contribution in [0.2, 0.25) is 0 Å².